The number of benzene rings is 1. The van der Waals surface area contributed by atoms with Crippen molar-refractivity contribution < 1.29 is 9.32 Å². The van der Waals surface area contributed by atoms with Gasteiger partial charge in [0, 0.05) is 6.92 Å². The van der Waals surface area contributed by atoms with Crippen LogP contribution >= 0.6 is 0 Å². The first-order chi connectivity index (χ1) is 9.36. The predicted molar refractivity (Wildman–Crippen MR) is 79.3 cm³/mol. The van der Waals surface area contributed by atoms with E-state index in [1.807, 2.05) is 0 Å². The number of aryl methyl sites for hydroxylation is 2. The lowest BCUT2D eigenvalue weighted by Gasteiger charge is -1.94. The Balaban J connectivity index is 0.000000204. The zero-order valence-corrected chi connectivity index (χ0v) is 12.7. The summed E-state index contributed by atoms with van der Waals surface area (Å²) in [5, 5.41) is 0. The second-order valence-electron chi connectivity index (χ2n) is 4.74. The predicted octanol–water partition coefficient (Wildman–Crippen LogP) is 3.28. The third-order valence-corrected chi connectivity index (χ3v) is 3.14. The molecule has 0 atom stereocenters. The van der Waals surface area contributed by atoms with E-state index in [1.54, 1.807) is 13.8 Å². The van der Waals surface area contributed by atoms with E-state index >= 15 is 0 Å². The SMILES string of the molecule is CC(=O)n1oc(=O)c(C)c1C.CCc1ccc(C)cc1. The maximum atomic E-state index is 10.8. The first-order valence-electron chi connectivity index (χ1n) is 6.62. The van der Waals surface area contributed by atoms with Gasteiger partial charge in [-0.05, 0) is 32.8 Å². The van der Waals surface area contributed by atoms with Gasteiger partial charge in [0.2, 0.25) is 0 Å². The fraction of sp³-hybridized carbons (Fsp3) is 0.375. The van der Waals surface area contributed by atoms with Gasteiger partial charge in [-0.1, -0.05) is 36.8 Å². The number of rotatable bonds is 1. The fourth-order valence-corrected chi connectivity index (χ4v) is 1.64. The van der Waals surface area contributed by atoms with E-state index < -0.39 is 5.63 Å². The van der Waals surface area contributed by atoms with Crippen LogP contribution < -0.4 is 5.63 Å². The van der Waals surface area contributed by atoms with Crippen LogP contribution in [-0.4, -0.2) is 10.6 Å². The largest absolute Gasteiger partial charge is 0.361 e. The number of nitrogens with zero attached hydrogens (tertiary/aromatic N) is 1. The summed E-state index contributed by atoms with van der Waals surface area (Å²) in [4.78, 5) is 21.6. The lowest BCUT2D eigenvalue weighted by atomic mass is 10.1. The lowest BCUT2D eigenvalue weighted by Crippen LogP contribution is -2.06. The third kappa shape index (κ3) is 3.95. The van der Waals surface area contributed by atoms with E-state index in [-0.39, 0.29) is 5.91 Å². The summed E-state index contributed by atoms with van der Waals surface area (Å²) in [5.41, 5.74) is 3.37. The highest BCUT2D eigenvalue weighted by Gasteiger charge is 2.10. The summed E-state index contributed by atoms with van der Waals surface area (Å²) in [7, 11) is 0. The second kappa shape index (κ2) is 6.89. The Bertz CT molecular complexity index is 633. The van der Waals surface area contributed by atoms with E-state index in [0.717, 1.165) is 11.2 Å². The molecule has 2 rings (SSSR count). The number of carbonyl (C=O) groups excluding carboxylic acids is 1. The lowest BCUT2D eigenvalue weighted by molar-refractivity contribution is 0.0807. The highest BCUT2D eigenvalue weighted by atomic mass is 16.5. The standard InChI is InChI=1S/C9H12.C7H9NO3/c1-3-9-6-4-8(2)5-7-9;1-4-5(2)8(6(3)9)11-7(4)10/h4-7H,3H2,1-2H3;1-3H3. The van der Waals surface area contributed by atoms with E-state index in [9.17, 15) is 9.59 Å². The number of hydrogen-bond donors (Lipinski definition) is 0. The molecule has 0 fully saturated rings. The van der Waals surface area contributed by atoms with E-state index in [2.05, 4.69) is 42.6 Å². The van der Waals surface area contributed by atoms with Crippen LogP contribution in [0.25, 0.3) is 0 Å². The second-order valence-corrected chi connectivity index (χ2v) is 4.74. The molecule has 108 valence electrons. The molecule has 0 N–H and O–H groups in total. The van der Waals surface area contributed by atoms with Gasteiger partial charge in [-0.3, -0.25) is 4.79 Å². The van der Waals surface area contributed by atoms with Gasteiger partial charge in [-0.25, -0.2) is 4.79 Å². The van der Waals surface area contributed by atoms with E-state index in [1.165, 1.54) is 18.1 Å². The molecule has 0 saturated carbocycles. The summed E-state index contributed by atoms with van der Waals surface area (Å²) in [6.45, 7) is 8.92. The van der Waals surface area contributed by atoms with Crippen LogP contribution in [0, 0.1) is 20.8 Å². The molecule has 0 spiro atoms. The number of aromatic nitrogens is 1. The number of hydrogen-bond acceptors (Lipinski definition) is 3. The number of carbonyl (C=O) groups is 1. The molecule has 20 heavy (non-hydrogen) atoms. The molecule has 1 heterocycles. The quantitative estimate of drug-likeness (QED) is 0.802. The van der Waals surface area contributed by atoms with Gasteiger partial charge >= 0.3 is 5.63 Å². The zero-order valence-electron chi connectivity index (χ0n) is 12.7. The molecule has 0 aliphatic rings. The Kier molecular flexibility index (Phi) is 5.50. The van der Waals surface area contributed by atoms with Crippen molar-refractivity contribution >= 4 is 5.91 Å². The van der Waals surface area contributed by atoms with Crippen molar-refractivity contribution in [2.45, 2.75) is 41.0 Å². The van der Waals surface area contributed by atoms with Gasteiger partial charge in [0.05, 0.1) is 11.3 Å². The summed E-state index contributed by atoms with van der Waals surface area (Å²) >= 11 is 0. The summed E-state index contributed by atoms with van der Waals surface area (Å²) < 4.78 is 5.62. The Hall–Kier alpha value is -2.10. The van der Waals surface area contributed by atoms with Gasteiger partial charge < -0.3 is 4.52 Å². The van der Waals surface area contributed by atoms with Crippen LogP contribution in [0.3, 0.4) is 0 Å². The van der Waals surface area contributed by atoms with Crippen molar-refractivity contribution in [2.75, 3.05) is 0 Å². The van der Waals surface area contributed by atoms with Crippen LogP contribution in [0.2, 0.25) is 0 Å². The molecule has 0 unspecified atom stereocenters. The van der Waals surface area contributed by atoms with Crippen molar-refractivity contribution in [1.82, 2.24) is 4.74 Å². The highest BCUT2D eigenvalue weighted by molar-refractivity contribution is 5.75. The molecule has 0 radical (unpaired) electrons. The van der Waals surface area contributed by atoms with Crippen molar-refractivity contribution in [3.05, 3.63) is 57.1 Å². The molecule has 4 nitrogen and oxygen atoms in total. The molecule has 4 heteroatoms. The molecule has 1 aromatic carbocycles. The normalized spacial score (nSPS) is 9.85. The monoisotopic (exact) mass is 275 g/mol. The maximum absolute atomic E-state index is 10.8. The molecular formula is C16H21NO3. The minimum absolute atomic E-state index is 0.285. The molecule has 1 aromatic heterocycles. The molecule has 0 aliphatic heterocycles. The Morgan fingerprint density at radius 1 is 1.15 bits per heavy atom. The zero-order chi connectivity index (χ0) is 15.3. The van der Waals surface area contributed by atoms with E-state index in [4.69, 9.17) is 0 Å². The van der Waals surface area contributed by atoms with Crippen molar-refractivity contribution in [2.24, 2.45) is 0 Å². The van der Waals surface area contributed by atoms with E-state index in [0.29, 0.717) is 11.3 Å². The molecule has 0 saturated heterocycles. The first kappa shape index (κ1) is 16.0. The van der Waals surface area contributed by atoms with Gasteiger partial charge in [0.1, 0.15) is 0 Å². The highest BCUT2D eigenvalue weighted by Crippen LogP contribution is 2.02. The molecule has 2 aromatic rings. The Labute approximate surface area is 119 Å². The first-order valence-corrected chi connectivity index (χ1v) is 6.62. The summed E-state index contributed by atoms with van der Waals surface area (Å²) in [6.07, 6.45) is 1.14. The molecular weight excluding hydrogens is 254 g/mol. The summed E-state index contributed by atoms with van der Waals surface area (Å²) in [5.74, 6) is -0.285. The minimum Gasteiger partial charge on any atom is -0.328 e. The maximum Gasteiger partial charge on any atom is 0.361 e. The van der Waals surface area contributed by atoms with Gasteiger partial charge in [-0.2, -0.15) is 0 Å². The molecule has 0 aliphatic carbocycles. The Morgan fingerprint density at radius 3 is 2.00 bits per heavy atom. The topological polar surface area (TPSA) is 52.2 Å². The van der Waals surface area contributed by atoms with Crippen LogP contribution in [0.4, 0.5) is 0 Å². The van der Waals surface area contributed by atoms with Gasteiger partial charge in [0.15, 0.2) is 0 Å². The minimum atomic E-state index is -0.447. The van der Waals surface area contributed by atoms with Crippen LogP contribution in [-0.2, 0) is 6.42 Å². The van der Waals surface area contributed by atoms with Crippen molar-refractivity contribution in [3.8, 4) is 0 Å². The summed E-state index contributed by atoms with van der Waals surface area (Å²) in [6, 6.07) is 8.66. The average molecular weight is 275 g/mol. The third-order valence-electron chi connectivity index (χ3n) is 3.14. The van der Waals surface area contributed by atoms with Gasteiger partial charge in [-0.15, -0.1) is 4.74 Å². The smallest absolute Gasteiger partial charge is 0.328 e. The van der Waals surface area contributed by atoms with Crippen LogP contribution in [0.15, 0.2) is 33.6 Å². The van der Waals surface area contributed by atoms with Crippen LogP contribution in [0.5, 0.6) is 0 Å². The fourth-order valence-electron chi connectivity index (χ4n) is 1.64. The molecule has 0 bridgehead atoms. The Morgan fingerprint density at radius 2 is 1.70 bits per heavy atom. The molecule has 0 amide bonds. The van der Waals surface area contributed by atoms with Crippen molar-refractivity contribution in [3.63, 3.8) is 0 Å². The van der Waals surface area contributed by atoms with Gasteiger partial charge in [0.25, 0.3) is 5.91 Å². The van der Waals surface area contributed by atoms with Crippen LogP contribution in [0.1, 0.15) is 41.0 Å². The average Bonchev–Trinajstić information content (AvgIpc) is 2.68. The van der Waals surface area contributed by atoms with Crippen molar-refractivity contribution in [1.29, 1.82) is 0 Å².